The van der Waals surface area contributed by atoms with E-state index < -0.39 is 0 Å². The Hall–Kier alpha value is -2.76. The Morgan fingerprint density at radius 3 is 2.40 bits per heavy atom. The van der Waals surface area contributed by atoms with Crippen molar-refractivity contribution in [3.63, 3.8) is 0 Å². The molecule has 0 aliphatic carbocycles. The molecule has 1 unspecified atom stereocenters. The first-order valence-electron chi connectivity index (χ1n) is 10.2. The van der Waals surface area contributed by atoms with Gasteiger partial charge in [-0.25, -0.2) is 0 Å². The summed E-state index contributed by atoms with van der Waals surface area (Å²) in [6, 6.07) is 16.2. The maximum absolute atomic E-state index is 6.16. The average Bonchev–Trinajstić information content (AvgIpc) is 2.80. The van der Waals surface area contributed by atoms with Gasteiger partial charge in [-0.15, -0.1) is 0 Å². The maximum Gasteiger partial charge on any atom is 0.136 e. The molecule has 0 bridgehead atoms. The van der Waals surface area contributed by atoms with Crippen molar-refractivity contribution >= 4 is 10.8 Å². The van der Waals surface area contributed by atoms with Crippen molar-refractivity contribution in [1.29, 1.82) is 0 Å². The van der Waals surface area contributed by atoms with Gasteiger partial charge < -0.3 is 23.7 Å². The zero-order chi connectivity index (χ0) is 20.9. The molecule has 5 nitrogen and oxygen atoms in total. The first kappa shape index (κ1) is 20.5. The van der Waals surface area contributed by atoms with Gasteiger partial charge in [0.25, 0.3) is 0 Å². The molecular formula is C25H28O5. The van der Waals surface area contributed by atoms with Crippen LogP contribution < -0.4 is 14.2 Å². The van der Waals surface area contributed by atoms with Gasteiger partial charge >= 0.3 is 0 Å². The Labute approximate surface area is 177 Å². The van der Waals surface area contributed by atoms with Crippen LogP contribution in [0.1, 0.15) is 23.1 Å². The number of ether oxygens (including phenoxy) is 5. The van der Waals surface area contributed by atoms with Crippen LogP contribution in [0.2, 0.25) is 0 Å². The fraction of sp³-hybridized carbons (Fsp3) is 0.360. The summed E-state index contributed by atoms with van der Waals surface area (Å²) in [7, 11) is 5.08. The summed E-state index contributed by atoms with van der Waals surface area (Å²) in [6.07, 6.45) is 1.67. The molecule has 5 heteroatoms. The van der Waals surface area contributed by atoms with E-state index >= 15 is 0 Å². The number of methoxy groups -OCH3 is 3. The lowest BCUT2D eigenvalue weighted by atomic mass is 9.91. The largest absolute Gasteiger partial charge is 0.496 e. The van der Waals surface area contributed by atoms with E-state index in [1.807, 2.05) is 36.4 Å². The second-order valence-corrected chi connectivity index (χ2v) is 7.37. The number of fused-ring (bicyclic) bond motifs is 2. The Balaban J connectivity index is 1.54. The van der Waals surface area contributed by atoms with Gasteiger partial charge in [-0.1, -0.05) is 42.5 Å². The van der Waals surface area contributed by atoms with Crippen molar-refractivity contribution < 1.29 is 23.7 Å². The summed E-state index contributed by atoms with van der Waals surface area (Å²) in [5.74, 6) is 2.44. The number of hydrogen-bond acceptors (Lipinski definition) is 5. The van der Waals surface area contributed by atoms with E-state index in [4.69, 9.17) is 23.7 Å². The zero-order valence-corrected chi connectivity index (χ0v) is 17.8. The predicted molar refractivity (Wildman–Crippen MR) is 117 cm³/mol. The lowest BCUT2D eigenvalue weighted by Crippen LogP contribution is -2.25. The molecule has 0 amide bonds. The highest BCUT2D eigenvalue weighted by molar-refractivity contribution is 6.00. The van der Waals surface area contributed by atoms with Crippen LogP contribution in [0, 0.1) is 0 Å². The van der Waals surface area contributed by atoms with Crippen molar-refractivity contribution in [3.05, 3.63) is 65.2 Å². The van der Waals surface area contributed by atoms with Gasteiger partial charge in [-0.05, 0) is 18.1 Å². The monoisotopic (exact) mass is 408 g/mol. The van der Waals surface area contributed by atoms with Crippen LogP contribution >= 0.6 is 0 Å². The highest BCUT2D eigenvalue weighted by Crippen LogP contribution is 2.47. The SMILES string of the molecule is COc1c2c(c(OC)c3c(OC)cccc13)COC(CCOCc1ccccc1)C2. The predicted octanol–water partition coefficient (Wildman–Crippen LogP) is 4.91. The van der Waals surface area contributed by atoms with E-state index in [1.54, 1.807) is 21.3 Å². The van der Waals surface area contributed by atoms with Gasteiger partial charge in [0.05, 0.1) is 46.0 Å². The Kier molecular flexibility index (Phi) is 6.41. The third-order valence-electron chi connectivity index (χ3n) is 5.63. The zero-order valence-electron chi connectivity index (χ0n) is 17.8. The summed E-state index contributed by atoms with van der Waals surface area (Å²) in [4.78, 5) is 0. The molecule has 0 N–H and O–H groups in total. The summed E-state index contributed by atoms with van der Waals surface area (Å²) >= 11 is 0. The lowest BCUT2D eigenvalue weighted by Gasteiger charge is -2.29. The highest BCUT2D eigenvalue weighted by Gasteiger charge is 2.29. The Bertz CT molecular complexity index is 1000. The van der Waals surface area contributed by atoms with Gasteiger partial charge in [-0.3, -0.25) is 0 Å². The fourth-order valence-corrected chi connectivity index (χ4v) is 4.19. The summed E-state index contributed by atoms with van der Waals surface area (Å²) in [5.41, 5.74) is 3.36. The molecule has 3 aromatic rings. The average molecular weight is 408 g/mol. The standard InChI is InChI=1S/C25H28O5/c1-26-22-11-7-10-19-23(22)25(28-3)21-16-30-18(14-20(21)24(19)27-2)12-13-29-15-17-8-5-4-6-9-17/h4-11,18H,12-16H2,1-3H3. The topological polar surface area (TPSA) is 46.2 Å². The van der Waals surface area contributed by atoms with E-state index in [9.17, 15) is 0 Å². The van der Waals surface area contributed by atoms with Crippen molar-refractivity contribution in [1.82, 2.24) is 0 Å². The third-order valence-corrected chi connectivity index (χ3v) is 5.63. The minimum atomic E-state index is 0.0786. The van der Waals surface area contributed by atoms with Gasteiger partial charge in [0, 0.05) is 29.5 Å². The second-order valence-electron chi connectivity index (χ2n) is 7.37. The van der Waals surface area contributed by atoms with Crippen molar-refractivity contribution in [2.75, 3.05) is 27.9 Å². The smallest absolute Gasteiger partial charge is 0.136 e. The van der Waals surface area contributed by atoms with Gasteiger partial charge in [0.15, 0.2) is 0 Å². The molecule has 1 heterocycles. The number of rotatable bonds is 8. The minimum absolute atomic E-state index is 0.0786. The molecular weight excluding hydrogens is 380 g/mol. The minimum Gasteiger partial charge on any atom is -0.496 e. The molecule has 1 aliphatic heterocycles. The second kappa shape index (κ2) is 9.37. The van der Waals surface area contributed by atoms with E-state index in [0.717, 1.165) is 52.0 Å². The van der Waals surface area contributed by atoms with Gasteiger partial charge in [0.2, 0.25) is 0 Å². The molecule has 0 saturated heterocycles. The first-order valence-corrected chi connectivity index (χ1v) is 10.2. The van der Waals surface area contributed by atoms with Crippen LogP contribution in [0.4, 0.5) is 0 Å². The summed E-state index contributed by atoms with van der Waals surface area (Å²) in [5, 5.41) is 1.92. The van der Waals surface area contributed by atoms with Crippen LogP contribution in [0.25, 0.3) is 10.8 Å². The van der Waals surface area contributed by atoms with E-state index in [1.165, 1.54) is 5.56 Å². The molecule has 30 heavy (non-hydrogen) atoms. The normalized spacial score (nSPS) is 15.6. The lowest BCUT2D eigenvalue weighted by molar-refractivity contribution is -0.00141. The molecule has 0 aromatic heterocycles. The third kappa shape index (κ3) is 3.95. The molecule has 0 saturated carbocycles. The highest BCUT2D eigenvalue weighted by atomic mass is 16.5. The number of benzene rings is 3. The van der Waals surface area contributed by atoms with E-state index in [-0.39, 0.29) is 6.10 Å². The summed E-state index contributed by atoms with van der Waals surface area (Å²) in [6.45, 7) is 1.74. The molecule has 158 valence electrons. The molecule has 1 aliphatic rings. The molecule has 0 spiro atoms. The molecule has 4 rings (SSSR count). The molecule has 0 fully saturated rings. The van der Waals surface area contributed by atoms with Crippen molar-refractivity contribution in [2.24, 2.45) is 0 Å². The van der Waals surface area contributed by atoms with Crippen molar-refractivity contribution in [3.8, 4) is 17.2 Å². The Morgan fingerprint density at radius 1 is 0.867 bits per heavy atom. The van der Waals surface area contributed by atoms with Crippen LogP contribution in [-0.2, 0) is 29.1 Å². The fourth-order valence-electron chi connectivity index (χ4n) is 4.19. The van der Waals surface area contributed by atoms with Gasteiger partial charge in [0.1, 0.15) is 17.2 Å². The van der Waals surface area contributed by atoms with E-state index in [2.05, 4.69) is 12.1 Å². The van der Waals surface area contributed by atoms with Crippen LogP contribution in [-0.4, -0.2) is 34.0 Å². The quantitative estimate of drug-likeness (QED) is 0.496. The number of hydrogen-bond donors (Lipinski definition) is 0. The first-order chi connectivity index (χ1) is 14.8. The van der Waals surface area contributed by atoms with Crippen LogP contribution in [0.3, 0.4) is 0 Å². The summed E-state index contributed by atoms with van der Waals surface area (Å²) < 4.78 is 29.3. The maximum atomic E-state index is 6.16. The van der Waals surface area contributed by atoms with Crippen molar-refractivity contribution in [2.45, 2.75) is 32.2 Å². The molecule has 1 atom stereocenters. The molecule has 3 aromatic carbocycles. The van der Waals surface area contributed by atoms with Crippen LogP contribution in [0.5, 0.6) is 17.2 Å². The van der Waals surface area contributed by atoms with Crippen LogP contribution in [0.15, 0.2) is 48.5 Å². The van der Waals surface area contributed by atoms with E-state index in [0.29, 0.717) is 19.8 Å². The Morgan fingerprint density at radius 2 is 1.67 bits per heavy atom. The molecule has 0 radical (unpaired) electrons. The van der Waals surface area contributed by atoms with Gasteiger partial charge in [-0.2, -0.15) is 0 Å².